The summed E-state index contributed by atoms with van der Waals surface area (Å²) >= 11 is 0. The average molecular weight is 343 g/mol. The van der Waals surface area contributed by atoms with E-state index in [-0.39, 0.29) is 11.6 Å². The molecule has 0 aliphatic rings. The van der Waals surface area contributed by atoms with Gasteiger partial charge in [0.05, 0.1) is 25.1 Å². The number of hydrogen-bond acceptors (Lipinski definition) is 7. The standard InChI is InChI=1S/C17H21N5O3/c1-22(2)9-8-18-16(23)14-10-20-15(11-19-14)21-13-6-4-12(5-7-13)17(24)25-3/h4-7,10-11H,8-9H2,1-3H3,(H,18,23)(H,20,21). The van der Waals surface area contributed by atoms with Crippen molar-refractivity contribution in [3.8, 4) is 0 Å². The van der Waals surface area contributed by atoms with Crippen LogP contribution in [0.3, 0.4) is 0 Å². The molecule has 1 aromatic heterocycles. The molecule has 1 heterocycles. The van der Waals surface area contributed by atoms with E-state index in [0.717, 1.165) is 12.2 Å². The molecule has 0 fully saturated rings. The molecular weight excluding hydrogens is 322 g/mol. The summed E-state index contributed by atoms with van der Waals surface area (Å²) in [6, 6.07) is 6.76. The maximum atomic E-state index is 11.9. The second kappa shape index (κ2) is 8.74. The number of nitrogens with zero attached hydrogens (tertiary/aromatic N) is 3. The summed E-state index contributed by atoms with van der Waals surface area (Å²) in [4.78, 5) is 33.6. The van der Waals surface area contributed by atoms with Gasteiger partial charge >= 0.3 is 5.97 Å². The third kappa shape index (κ3) is 5.54. The number of rotatable bonds is 7. The number of amides is 1. The number of methoxy groups -OCH3 is 1. The van der Waals surface area contributed by atoms with Gasteiger partial charge in [0.15, 0.2) is 0 Å². The Morgan fingerprint density at radius 3 is 2.40 bits per heavy atom. The molecule has 1 amide bonds. The van der Waals surface area contributed by atoms with Crippen LogP contribution in [0.15, 0.2) is 36.7 Å². The van der Waals surface area contributed by atoms with Gasteiger partial charge in [0.1, 0.15) is 11.5 Å². The molecule has 8 heteroatoms. The fourth-order valence-electron chi connectivity index (χ4n) is 1.95. The van der Waals surface area contributed by atoms with Crippen molar-refractivity contribution in [2.24, 2.45) is 0 Å². The second-order valence-electron chi connectivity index (χ2n) is 5.54. The number of carbonyl (C=O) groups is 2. The highest BCUT2D eigenvalue weighted by Gasteiger charge is 2.08. The van der Waals surface area contributed by atoms with E-state index in [0.29, 0.717) is 17.9 Å². The van der Waals surface area contributed by atoms with Crippen LogP contribution < -0.4 is 10.6 Å². The van der Waals surface area contributed by atoms with Gasteiger partial charge in [-0.15, -0.1) is 0 Å². The molecule has 2 rings (SSSR count). The highest BCUT2D eigenvalue weighted by molar-refractivity contribution is 5.92. The van der Waals surface area contributed by atoms with E-state index in [1.54, 1.807) is 24.3 Å². The van der Waals surface area contributed by atoms with Crippen LogP contribution >= 0.6 is 0 Å². The van der Waals surface area contributed by atoms with Crippen molar-refractivity contribution >= 4 is 23.4 Å². The first-order valence-electron chi connectivity index (χ1n) is 7.70. The number of ether oxygens (including phenoxy) is 1. The Kier molecular flexibility index (Phi) is 6.41. The van der Waals surface area contributed by atoms with Gasteiger partial charge in [0.25, 0.3) is 5.91 Å². The smallest absolute Gasteiger partial charge is 0.337 e. The Balaban J connectivity index is 1.93. The zero-order chi connectivity index (χ0) is 18.2. The monoisotopic (exact) mass is 343 g/mol. The lowest BCUT2D eigenvalue weighted by Gasteiger charge is -2.10. The Morgan fingerprint density at radius 1 is 1.12 bits per heavy atom. The minimum atomic E-state index is -0.393. The van der Waals surface area contributed by atoms with Crippen molar-refractivity contribution in [2.45, 2.75) is 0 Å². The molecule has 0 saturated carbocycles. The van der Waals surface area contributed by atoms with Crippen LogP contribution in [0.2, 0.25) is 0 Å². The lowest BCUT2D eigenvalue weighted by molar-refractivity contribution is 0.0600. The number of likely N-dealkylation sites (N-methyl/N-ethyl adjacent to an activating group) is 1. The van der Waals surface area contributed by atoms with Gasteiger partial charge in [-0.05, 0) is 38.4 Å². The quantitative estimate of drug-likeness (QED) is 0.731. The maximum Gasteiger partial charge on any atom is 0.337 e. The van der Waals surface area contributed by atoms with Gasteiger partial charge < -0.3 is 20.3 Å². The van der Waals surface area contributed by atoms with Crippen LogP contribution in [0, 0.1) is 0 Å². The fourth-order valence-corrected chi connectivity index (χ4v) is 1.95. The van der Waals surface area contributed by atoms with Gasteiger partial charge in [0.2, 0.25) is 0 Å². The SMILES string of the molecule is COC(=O)c1ccc(Nc2cnc(C(=O)NCCN(C)C)cn2)cc1. The predicted molar refractivity (Wildman–Crippen MR) is 94.0 cm³/mol. The van der Waals surface area contributed by atoms with Crippen LogP contribution in [0.4, 0.5) is 11.5 Å². The topological polar surface area (TPSA) is 96.4 Å². The number of hydrogen-bond donors (Lipinski definition) is 2. The van der Waals surface area contributed by atoms with Crippen molar-refractivity contribution < 1.29 is 14.3 Å². The number of aromatic nitrogens is 2. The van der Waals surface area contributed by atoms with Crippen LogP contribution in [-0.2, 0) is 4.74 Å². The molecule has 132 valence electrons. The number of anilines is 2. The van der Waals surface area contributed by atoms with Crippen LogP contribution in [0.5, 0.6) is 0 Å². The molecule has 2 N–H and O–H groups in total. The first-order chi connectivity index (χ1) is 12.0. The molecule has 0 saturated heterocycles. The van der Waals surface area contributed by atoms with E-state index in [4.69, 9.17) is 0 Å². The first kappa shape index (κ1) is 18.3. The normalized spacial score (nSPS) is 10.4. The molecule has 0 aliphatic carbocycles. The van der Waals surface area contributed by atoms with E-state index in [1.165, 1.54) is 19.5 Å². The minimum Gasteiger partial charge on any atom is -0.465 e. The van der Waals surface area contributed by atoms with Gasteiger partial charge in [0, 0.05) is 18.8 Å². The van der Waals surface area contributed by atoms with Crippen LogP contribution in [-0.4, -0.2) is 61.0 Å². The molecule has 0 radical (unpaired) electrons. The fraction of sp³-hybridized carbons (Fsp3) is 0.294. The summed E-state index contributed by atoms with van der Waals surface area (Å²) in [6.07, 6.45) is 2.89. The van der Waals surface area contributed by atoms with Crippen molar-refractivity contribution in [1.29, 1.82) is 0 Å². The Morgan fingerprint density at radius 2 is 1.84 bits per heavy atom. The third-order valence-corrected chi connectivity index (χ3v) is 3.31. The molecular formula is C17H21N5O3. The molecule has 0 unspecified atom stereocenters. The molecule has 0 atom stereocenters. The number of benzene rings is 1. The summed E-state index contributed by atoms with van der Waals surface area (Å²) in [6.45, 7) is 1.29. The minimum absolute atomic E-state index is 0.255. The predicted octanol–water partition coefficient (Wildman–Crippen LogP) is 1.30. The van der Waals surface area contributed by atoms with Crippen molar-refractivity contribution in [2.75, 3.05) is 39.6 Å². The summed E-state index contributed by atoms with van der Waals surface area (Å²) in [5, 5.41) is 5.82. The van der Waals surface area contributed by atoms with E-state index >= 15 is 0 Å². The largest absolute Gasteiger partial charge is 0.465 e. The zero-order valence-corrected chi connectivity index (χ0v) is 14.4. The lowest BCUT2D eigenvalue weighted by atomic mass is 10.2. The molecule has 1 aromatic carbocycles. The van der Waals surface area contributed by atoms with E-state index < -0.39 is 5.97 Å². The van der Waals surface area contributed by atoms with Gasteiger partial charge in [-0.1, -0.05) is 0 Å². The van der Waals surface area contributed by atoms with Crippen LogP contribution in [0.25, 0.3) is 0 Å². The number of esters is 1. The molecule has 0 aliphatic heterocycles. The van der Waals surface area contributed by atoms with Crippen molar-refractivity contribution in [3.63, 3.8) is 0 Å². The van der Waals surface area contributed by atoms with Crippen molar-refractivity contribution in [3.05, 3.63) is 47.9 Å². The first-order valence-corrected chi connectivity index (χ1v) is 7.70. The molecule has 25 heavy (non-hydrogen) atoms. The van der Waals surface area contributed by atoms with Crippen LogP contribution in [0.1, 0.15) is 20.8 Å². The Hall–Kier alpha value is -3.00. The highest BCUT2D eigenvalue weighted by Crippen LogP contribution is 2.15. The number of carbonyl (C=O) groups excluding carboxylic acids is 2. The van der Waals surface area contributed by atoms with Gasteiger partial charge in [-0.3, -0.25) is 4.79 Å². The van der Waals surface area contributed by atoms with Crippen molar-refractivity contribution in [1.82, 2.24) is 20.2 Å². The number of nitrogens with one attached hydrogen (secondary N) is 2. The molecule has 0 spiro atoms. The maximum absolute atomic E-state index is 11.9. The Labute approximate surface area is 146 Å². The second-order valence-corrected chi connectivity index (χ2v) is 5.54. The van der Waals surface area contributed by atoms with Gasteiger partial charge in [-0.2, -0.15) is 0 Å². The third-order valence-electron chi connectivity index (χ3n) is 3.31. The molecule has 0 bridgehead atoms. The van der Waals surface area contributed by atoms with E-state index in [1.807, 2.05) is 19.0 Å². The summed E-state index contributed by atoms with van der Waals surface area (Å²) in [5.74, 6) is -0.157. The average Bonchev–Trinajstić information content (AvgIpc) is 2.62. The summed E-state index contributed by atoms with van der Waals surface area (Å²) < 4.78 is 4.65. The lowest BCUT2D eigenvalue weighted by Crippen LogP contribution is -2.31. The summed E-state index contributed by atoms with van der Waals surface area (Å²) in [7, 11) is 5.20. The van der Waals surface area contributed by atoms with E-state index in [2.05, 4.69) is 25.3 Å². The Bertz CT molecular complexity index is 714. The zero-order valence-electron chi connectivity index (χ0n) is 14.4. The molecule has 8 nitrogen and oxygen atoms in total. The van der Waals surface area contributed by atoms with E-state index in [9.17, 15) is 9.59 Å². The molecule has 2 aromatic rings. The summed E-state index contributed by atoms with van der Waals surface area (Å²) in [5.41, 5.74) is 1.46. The highest BCUT2D eigenvalue weighted by atomic mass is 16.5. The van der Waals surface area contributed by atoms with Gasteiger partial charge in [-0.25, -0.2) is 14.8 Å².